The second kappa shape index (κ2) is 7.92. The van der Waals surface area contributed by atoms with Crippen molar-refractivity contribution >= 4 is 40.1 Å². The van der Waals surface area contributed by atoms with Crippen LogP contribution in [0.1, 0.15) is 17.5 Å². The van der Waals surface area contributed by atoms with Gasteiger partial charge in [0.2, 0.25) is 11.8 Å². The third-order valence-corrected chi connectivity index (χ3v) is 5.48. The largest absolute Gasteiger partial charge is 0.325 e. The normalized spacial score (nSPS) is 18.7. The number of hydrogen-bond acceptors (Lipinski definition) is 4. The third kappa shape index (κ3) is 4.54. The number of aliphatic imine (C=N–C) groups is 1. The number of amidine groups is 1. The number of rotatable bonds is 3. The third-order valence-electron chi connectivity index (χ3n) is 4.23. The molecule has 1 fully saturated rings. The van der Waals surface area contributed by atoms with Gasteiger partial charge in [-0.3, -0.25) is 14.5 Å². The van der Waals surface area contributed by atoms with Gasteiger partial charge in [-0.25, -0.2) is 9.38 Å². The Bertz CT molecular complexity index is 929. The molecule has 1 saturated heterocycles. The van der Waals surface area contributed by atoms with Crippen molar-refractivity contribution in [1.29, 1.82) is 0 Å². The minimum Gasteiger partial charge on any atom is -0.325 e. The Balaban J connectivity index is 1.80. The number of nitrogens with zero attached hydrogens (tertiary/aromatic N) is 2. The van der Waals surface area contributed by atoms with E-state index >= 15 is 0 Å². The van der Waals surface area contributed by atoms with Crippen LogP contribution in [-0.4, -0.2) is 34.2 Å². The lowest BCUT2D eigenvalue weighted by molar-refractivity contribution is -0.128. The maximum atomic E-state index is 13.4. The topological polar surface area (TPSA) is 61.8 Å². The zero-order valence-electron chi connectivity index (χ0n) is 15.3. The quantitative estimate of drug-likeness (QED) is 0.868. The Morgan fingerprint density at radius 3 is 2.74 bits per heavy atom. The van der Waals surface area contributed by atoms with Crippen LogP contribution in [-0.2, 0) is 9.59 Å². The van der Waals surface area contributed by atoms with Crippen molar-refractivity contribution in [2.24, 2.45) is 4.99 Å². The number of hydrogen-bond donors (Lipinski definition) is 1. The van der Waals surface area contributed by atoms with Crippen molar-refractivity contribution in [1.82, 2.24) is 4.90 Å². The van der Waals surface area contributed by atoms with Gasteiger partial charge in [0.05, 0.1) is 5.69 Å². The molecular formula is C20H20FN3O2S. The summed E-state index contributed by atoms with van der Waals surface area (Å²) in [6, 6.07) is 11.6. The molecule has 1 aliphatic rings. The first-order valence-corrected chi connectivity index (χ1v) is 9.37. The molecule has 0 spiro atoms. The van der Waals surface area contributed by atoms with Crippen LogP contribution in [0.25, 0.3) is 0 Å². The second-order valence-electron chi connectivity index (χ2n) is 6.45. The predicted octanol–water partition coefficient (Wildman–Crippen LogP) is 4.03. The molecule has 0 aliphatic carbocycles. The summed E-state index contributed by atoms with van der Waals surface area (Å²) in [5.41, 5.74) is 3.19. The van der Waals surface area contributed by atoms with Crippen LogP contribution in [0, 0.1) is 19.7 Å². The van der Waals surface area contributed by atoms with E-state index in [0.717, 1.165) is 16.8 Å². The van der Waals surface area contributed by atoms with Gasteiger partial charge in [-0.05, 0) is 43.7 Å². The van der Waals surface area contributed by atoms with E-state index in [9.17, 15) is 14.0 Å². The van der Waals surface area contributed by atoms with Crippen molar-refractivity contribution in [3.05, 3.63) is 59.4 Å². The molecule has 27 heavy (non-hydrogen) atoms. The number of nitrogens with one attached hydrogen (secondary N) is 1. The molecule has 3 rings (SSSR count). The molecule has 2 aromatic carbocycles. The van der Waals surface area contributed by atoms with Gasteiger partial charge in [0.15, 0.2) is 5.17 Å². The number of anilines is 1. The Hall–Kier alpha value is -2.67. The van der Waals surface area contributed by atoms with E-state index in [2.05, 4.69) is 10.3 Å². The first-order chi connectivity index (χ1) is 12.8. The summed E-state index contributed by atoms with van der Waals surface area (Å²) >= 11 is 1.20. The Kier molecular flexibility index (Phi) is 5.60. The van der Waals surface area contributed by atoms with Crippen LogP contribution >= 0.6 is 11.8 Å². The monoisotopic (exact) mass is 385 g/mol. The zero-order valence-corrected chi connectivity index (χ0v) is 16.1. The first kappa shape index (κ1) is 19.1. The number of aryl methyl sites for hydroxylation is 2. The van der Waals surface area contributed by atoms with Crippen LogP contribution in [0.3, 0.4) is 0 Å². The minimum atomic E-state index is -0.596. The molecule has 1 heterocycles. The van der Waals surface area contributed by atoms with Gasteiger partial charge in [-0.2, -0.15) is 0 Å². The number of carbonyl (C=O) groups is 2. The van der Waals surface area contributed by atoms with Crippen molar-refractivity contribution in [2.45, 2.75) is 25.5 Å². The molecule has 140 valence electrons. The smallest absolute Gasteiger partial charge is 0.238 e. The number of thioether (sulfide) groups is 1. The van der Waals surface area contributed by atoms with Crippen LogP contribution in [0.5, 0.6) is 0 Å². The molecule has 2 amide bonds. The molecule has 0 bridgehead atoms. The Morgan fingerprint density at radius 1 is 1.26 bits per heavy atom. The highest BCUT2D eigenvalue weighted by Crippen LogP contribution is 2.29. The van der Waals surface area contributed by atoms with E-state index in [1.807, 2.05) is 32.0 Å². The summed E-state index contributed by atoms with van der Waals surface area (Å²) in [4.78, 5) is 30.8. The molecule has 1 atom stereocenters. The fraction of sp³-hybridized carbons (Fsp3) is 0.250. The molecule has 1 N–H and O–H groups in total. The van der Waals surface area contributed by atoms with Crippen LogP contribution in [0.15, 0.2) is 47.5 Å². The highest BCUT2D eigenvalue weighted by molar-refractivity contribution is 8.15. The molecule has 0 radical (unpaired) electrons. The maximum Gasteiger partial charge on any atom is 0.238 e. The average molecular weight is 385 g/mol. The van der Waals surface area contributed by atoms with Gasteiger partial charge in [0, 0.05) is 19.2 Å². The lowest BCUT2D eigenvalue weighted by Crippen LogP contribution is -2.43. The molecule has 7 heteroatoms. The van der Waals surface area contributed by atoms with E-state index in [0.29, 0.717) is 10.9 Å². The average Bonchev–Trinajstić information content (AvgIpc) is 2.61. The van der Waals surface area contributed by atoms with E-state index in [4.69, 9.17) is 0 Å². The lowest BCUT2D eigenvalue weighted by Gasteiger charge is -2.29. The van der Waals surface area contributed by atoms with Crippen LogP contribution < -0.4 is 5.32 Å². The molecule has 1 aliphatic heterocycles. The number of amides is 2. The molecule has 1 unspecified atom stereocenters. The summed E-state index contributed by atoms with van der Waals surface area (Å²) in [6.45, 7) is 3.91. The van der Waals surface area contributed by atoms with E-state index in [-0.39, 0.29) is 18.2 Å². The summed E-state index contributed by atoms with van der Waals surface area (Å²) < 4.78 is 13.4. The summed E-state index contributed by atoms with van der Waals surface area (Å²) in [6.07, 6.45) is 0.0834. The van der Waals surface area contributed by atoms with Crippen LogP contribution in [0.4, 0.5) is 15.8 Å². The fourth-order valence-electron chi connectivity index (χ4n) is 2.72. The van der Waals surface area contributed by atoms with E-state index < -0.39 is 11.1 Å². The van der Waals surface area contributed by atoms with Crippen molar-refractivity contribution in [3.8, 4) is 0 Å². The maximum absolute atomic E-state index is 13.4. The molecular weight excluding hydrogens is 365 g/mol. The van der Waals surface area contributed by atoms with Gasteiger partial charge in [0.1, 0.15) is 11.1 Å². The second-order valence-corrected chi connectivity index (χ2v) is 7.62. The van der Waals surface area contributed by atoms with Crippen molar-refractivity contribution in [2.75, 3.05) is 12.4 Å². The standard InChI is InChI=1S/C20H20FN3O2S/c1-12-7-8-16(13(2)9-12)23-19(26)17-11-18(25)24(3)20(27-17)22-15-6-4-5-14(21)10-15/h4-10,17H,11H2,1-3H3,(H,23,26). The van der Waals surface area contributed by atoms with Gasteiger partial charge in [-0.1, -0.05) is 35.5 Å². The number of halogens is 1. The highest BCUT2D eigenvalue weighted by atomic mass is 32.2. The zero-order chi connectivity index (χ0) is 19.6. The number of benzene rings is 2. The van der Waals surface area contributed by atoms with Gasteiger partial charge in [-0.15, -0.1) is 0 Å². The molecule has 5 nitrogen and oxygen atoms in total. The minimum absolute atomic E-state index is 0.0834. The Labute approximate surface area is 161 Å². The molecule has 2 aromatic rings. The molecule has 0 aromatic heterocycles. The summed E-state index contributed by atoms with van der Waals surface area (Å²) in [5, 5.41) is 2.67. The van der Waals surface area contributed by atoms with Crippen molar-refractivity contribution < 1.29 is 14.0 Å². The van der Waals surface area contributed by atoms with E-state index in [1.165, 1.54) is 28.8 Å². The van der Waals surface area contributed by atoms with E-state index in [1.54, 1.807) is 19.2 Å². The summed E-state index contributed by atoms with van der Waals surface area (Å²) in [5.74, 6) is -0.860. The fourth-order valence-corrected chi connectivity index (χ4v) is 3.79. The number of carbonyl (C=O) groups excluding carboxylic acids is 2. The molecule has 0 saturated carbocycles. The summed E-state index contributed by atoms with van der Waals surface area (Å²) in [7, 11) is 1.60. The predicted molar refractivity (Wildman–Crippen MR) is 107 cm³/mol. The SMILES string of the molecule is Cc1ccc(NC(=O)C2CC(=O)N(C)C(=Nc3cccc(F)c3)S2)c(C)c1. The van der Waals surface area contributed by atoms with Gasteiger partial charge in [0.25, 0.3) is 0 Å². The van der Waals surface area contributed by atoms with Gasteiger partial charge < -0.3 is 5.32 Å². The van der Waals surface area contributed by atoms with Gasteiger partial charge >= 0.3 is 0 Å². The van der Waals surface area contributed by atoms with Crippen LogP contribution in [0.2, 0.25) is 0 Å². The Morgan fingerprint density at radius 2 is 2.04 bits per heavy atom. The first-order valence-electron chi connectivity index (χ1n) is 8.49. The lowest BCUT2D eigenvalue weighted by atomic mass is 10.1. The van der Waals surface area contributed by atoms with Crippen molar-refractivity contribution in [3.63, 3.8) is 0 Å². The highest BCUT2D eigenvalue weighted by Gasteiger charge is 2.34.